The molecule has 4 heteroatoms. The van der Waals surface area contributed by atoms with Crippen molar-refractivity contribution in [3.63, 3.8) is 0 Å². The second-order valence-electron chi connectivity index (χ2n) is 4.86. The Morgan fingerprint density at radius 3 is 2.47 bits per heavy atom. The standard InChI is InChI=1S/C13H18O3S/c1-10-6-2-3-7-11(10)12-8-4-5-9-13(12)17(14,15)16/h4-5,8-11H,2-3,6-7H2,1H3,(H,14,15,16)/p-1. The maximum atomic E-state index is 11.2. The number of hydrogen-bond acceptors (Lipinski definition) is 3. The van der Waals surface area contributed by atoms with Gasteiger partial charge in [0.15, 0.2) is 0 Å². The van der Waals surface area contributed by atoms with Crippen LogP contribution in [0.2, 0.25) is 0 Å². The summed E-state index contributed by atoms with van der Waals surface area (Å²) in [6.07, 6.45) is 4.40. The summed E-state index contributed by atoms with van der Waals surface area (Å²) in [5.41, 5.74) is 0.717. The van der Waals surface area contributed by atoms with E-state index in [0.29, 0.717) is 5.92 Å². The lowest BCUT2D eigenvalue weighted by molar-refractivity contribution is 0.326. The molecule has 1 saturated carbocycles. The normalized spacial score (nSPS) is 25.8. The maximum absolute atomic E-state index is 11.2. The van der Waals surface area contributed by atoms with E-state index in [1.165, 1.54) is 12.5 Å². The van der Waals surface area contributed by atoms with Gasteiger partial charge in [0, 0.05) is 0 Å². The predicted octanol–water partition coefficient (Wildman–Crippen LogP) is 2.88. The molecule has 0 bridgehead atoms. The first kappa shape index (κ1) is 12.6. The number of rotatable bonds is 2. The lowest BCUT2D eigenvalue weighted by Crippen LogP contribution is -2.17. The van der Waals surface area contributed by atoms with Crippen LogP contribution in [0.5, 0.6) is 0 Å². The molecule has 94 valence electrons. The largest absolute Gasteiger partial charge is 0.744 e. The highest BCUT2D eigenvalue weighted by molar-refractivity contribution is 7.85. The Kier molecular flexibility index (Phi) is 3.54. The number of hydrogen-bond donors (Lipinski definition) is 0. The Morgan fingerprint density at radius 1 is 1.18 bits per heavy atom. The Balaban J connectivity index is 2.44. The van der Waals surface area contributed by atoms with Crippen LogP contribution < -0.4 is 0 Å². The summed E-state index contributed by atoms with van der Waals surface area (Å²) in [7, 11) is -4.36. The van der Waals surface area contributed by atoms with Crippen molar-refractivity contribution < 1.29 is 13.0 Å². The summed E-state index contributed by atoms with van der Waals surface area (Å²) >= 11 is 0. The minimum Gasteiger partial charge on any atom is -0.744 e. The molecular formula is C13H17O3S-. The third-order valence-corrected chi connectivity index (χ3v) is 4.61. The molecule has 1 aliphatic carbocycles. The van der Waals surface area contributed by atoms with Crippen molar-refractivity contribution in [2.75, 3.05) is 0 Å². The van der Waals surface area contributed by atoms with E-state index < -0.39 is 10.1 Å². The molecule has 2 unspecified atom stereocenters. The van der Waals surface area contributed by atoms with Crippen molar-refractivity contribution in [2.45, 2.75) is 43.4 Å². The van der Waals surface area contributed by atoms with Crippen LogP contribution in [0.15, 0.2) is 29.2 Å². The summed E-state index contributed by atoms with van der Waals surface area (Å²) in [6, 6.07) is 6.64. The molecule has 1 fully saturated rings. The van der Waals surface area contributed by atoms with Crippen LogP contribution in [-0.2, 0) is 10.1 Å². The molecule has 2 rings (SSSR count). The van der Waals surface area contributed by atoms with E-state index in [9.17, 15) is 13.0 Å². The van der Waals surface area contributed by atoms with Gasteiger partial charge in [0.25, 0.3) is 0 Å². The summed E-state index contributed by atoms with van der Waals surface area (Å²) in [5.74, 6) is 0.662. The lowest BCUT2D eigenvalue weighted by Gasteiger charge is -2.31. The topological polar surface area (TPSA) is 57.2 Å². The van der Waals surface area contributed by atoms with E-state index in [2.05, 4.69) is 6.92 Å². The molecular weight excluding hydrogens is 236 g/mol. The molecule has 1 aliphatic rings. The first-order valence-corrected chi connectivity index (χ1v) is 7.46. The second kappa shape index (κ2) is 4.78. The molecule has 17 heavy (non-hydrogen) atoms. The minimum absolute atomic E-state index is 0.0289. The molecule has 1 aromatic carbocycles. The van der Waals surface area contributed by atoms with Gasteiger partial charge in [-0.3, -0.25) is 0 Å². The average molecular weight is 253 g/mol. The van der Waals surface area contributed by atoms with Crippen LogP contribution in [0.25, 0.3) is 0 Å². The molecule has 0 aromatic heterocycles. The van der Waals surface area contributed by atoms with Crippen LogP contribution in [0.1, 0.15) is 44.1 Å². The van der Waals surface area contributed by atoms with Crippen LogP contribution in [-0.4, -0.2) is 13.0 Å². The van der Waals surface area contributed by atoms with Crippen LogP contribution in [0, 0.1) is 5.92 Å². The maximum Gasteiger partial charge on any atom is 0.124 e. The zero-order chi connectivity index (χ0) is 12.5. The monoisotopic (exact) mass is 253 g/mol. The fourth-order valence-electron chi connectivity index (χ4n) is 2.79. The SMILES string of the molecule is CC1CCCCC1c1ccccc1S(=O)(=O)[O-]. The predicted molar refractivity (Wildman–Crippen MR) is 64.8 cm³/mol. The first-order valence-electron chi connectivity index (χ1n) is 6.05. The fraction of sp³-hybridized carbons (Fsp3) is 0.538. The Hall–Kier alpha value is -0.870. The van der Waals surface area contributed by atoms with E-state index in [4.69, 9.17) is 0 Å². The average Bonchev–Trinajstić information content (AvgIpc) is 2.28. The van der Waals surface area contributed by atoms with E-state index >= 15 is 0 Å². The molecule has 0 amide bonds. The Morgan fingerprint density at radius 2 is 1.82 bits per heavy atom. The van der Waals surface area contributed by atoms with E-state index in [0.717, 1.165) is 24.8 Å². The van der Waals surface area contributed by atoms with Gasteiger partial charge in [-0.1, -0.05) is 44.4 Å². The summed E-state index contributed by atoms with van der Waals surface area (Å²) in [6.45, 7) is 2.14. The van der Waals surface area contributed by atoms with Gasteiger partial charge in [-0.05, 0) is 29.9 Å². The Labute approximate surface area is 103 Å². The van der Waals surface area contributed by atoms with Gasteiger partial charge in [0.2, 0.25) is 0 Å². The van der Waals surface area contributed by atoms with Gasteiger partial charge in [0.05, 0.1) is 4.90 Å². The summed E-state index contributed by atoms with van der Waals surface area (Å²) in [5, 5.41) is 0. The van der Waals surface area contributed by atoms with Gasteiger partial charge >= 0.3 is 0 Å². The van der Waals surface area contributed by atoms with Crippen molar-refractivity contribution in [3.8, 4) is 0 Å². The molecule has 2 atom stereocenters. The molecule has 3 nitrogen and oxygen atoms in total. The third kappa shape index (κ3) is 2.69. The van der Waals surface area contributed by atoms with Crippen LogP contribution in [0.4, 0.5) is 0 Å². The fourth-order valence-corrected chi connectivity index (χ4v) is 3.55. The van der Waals surface area contributed by atoms with E-state index in [1.807, 2.05) is 6.07 Å². The highest BCUT2D eigenvalue weighted by Crippen LogP contribution is 2.39. The highest BCUT2D eigenvalue weighted by atomic mass is 32.2. The van der Waals surface area contributed by atoms with Gasteiger partial charge in [-0.15, -0.1) is 0 Å². The molecule has 0 heterocycles. The third-order valence-electron chi connectivity index (χ3n) is 3.70. The lowest BCUT2D eigenvalue weighted by atomic mass is 9.76. The Bertz CT molecular complexity index is 493. The quantitative estimate of drug-likeness (QED) is 0.761. The van der Waals surface area contributed by atoms with Gasteiger partial charge < -0.3 is 4.55 Å². The molecule has 0 radical (unpaired) electrons. The molecule has 0 saturated heterocycles. The summed E-state index contributed by atoms with van der Waals surface area (Å²) < 4.78 is 33.7. The molecule has 1 aromatic rings. The molecule has 0 aliphatic heterocycles. The smallest absolute Gasteiger partial charge is 0.124 e. The second-order valence-corrected chi connectivity index (χ2v) is 6.21. The van der Waals surface area contributed by atoms with Crippen LogP contribution >= 0.6 is 0 Å². The zero-order valence-corrected chi connectivity index (χ0v) is 10.7. The molecule has 0 N–H and O–H groups in total. The van der Waals surface area contributed by atoms with Gasteiger partial charge in [-0.25, -0.2) is 8.42 Å². The molecule has 0 spiro atoms. The van der Waals surface area contributed by atoms with Crippen molar-refractivity contribution in [2.24, 2.45) is 5.92 Å². The zero-order valence-electron chi connectivity index (χ0n) is 9.93. The van der Waals surface area contributed by atoms with E-state index in [-0.39, 0.29) is 10.8 Å². The van der Waals surface area contributed by atoms with Crippen molar-refractivity contribution in [1.29, 1.82) is 0 Å². The van der Waals surface area contributed by atoms with Gasteiger partial charge in [-0.2, -0.15) is 0 Å². The highest BCUT2D eigenvalue weighted by Gasteiger charge is 2.25. The van der Waals surface area contributed by atoms with Crippen LogP contribution in [0.3, 0.4) is 0 Å². The summed E-state index contributed by atoms with van der Waals surface area (Å²) in [4.78, 5) is -0.0289. The van der Waals surface area contributed by atoms with Crippen molar-refractivity contribution in [3.05, 3.63) is 29.8 Å². The first-order chi connectivity index (χ1) is 8.00. The van der Waals surface area contributed by atoms with Gasteiger partial charge in [0.1, 0.15) is 10.1 Å². The number of benzene rings is 1. The van der Waals surface area contributed by atoms with E-state index in [1.54, 1.807) is 12.1 Å². The van der Waals surface area contributed by atoms with Crippen molar-refractivity contribution >= 4 is 10.1 Å². The van der Waals surface area contributed by atoms with Crippen molar-refractivity contribution in [1.82, 2.24) is 0 Å². The minimum atomic E-state index is -4.36.